The number of hydrogen-bond donors (Lipinski definition) is 0. The molecule has 0 heterocycles. The summed E-state index contributed by atoms with van der Waals surface area (Å²) in [6.45, 7) is 15.2. The van der Waals surface area contributed by atoms with E-state index in [2.05, 4.69) is 330 Å². The smallest absolute Gasteiger partial charge is 0.0462 e. The Labute approximate surface area is 463 Å². The van der Waals surface area contributed by atoms with Crippen LogP contribution in [0.15, 0.2) is 267 Å². The summed E-state index contributed by atoms with van der Waals surface area (Å²) >= 11 is 0. The molecule has 0 spiro atoms. The van der Waals surface area contributed by atoms with E-state index in [4.69, 9.17) is 0 Å². The van der Waals surface area contributed by atoms with Crippen LogP contribution in [0.4, 0.5) is 51.2 Å². The lowest BCUT2D eigenvalue weighted by Crippen LogP contribution is -2.12. The lowest BCUT2D eigenvalue weighted by Gasteiger charge is -2.29. The van der Waals surface area contributed by atoms with Crippen LogP contribution < -0.4 is 14.7 Å². The van der Waals surface area contributed by atoms with Crippen LogP contribution in [0.5, 0.6) is 0 Å². The molecule has 0 bridgehead atoms. The van der Waals surface area contributed by atoms with Crippen molar-refractivity contribution in [1.29, 1.82) is 0 Å². The average Bonchev–Trinajstić information content (AvgIpc) is 3.48. The fourth-order valence-electron chi connectivity index (χ4n) is 10.8. The third kappa shape index (κ3) is 11.2. The average molecular weight is 1010 g/mol. The van der Waals surface area contributed by atoms with Crippen molar-refractivity contribution in [1.82, 2.24) is 0 Å². The predicted octanol–water partition coefficient (Wildman–Crippen LogP) is 21.2. The van der Waals surface area contributed by atoms with Gasteiger partial charge in [-0.25, -0.2) is 0 Å². The summed E-state index contributed by atoms with van der Waals surface area (Å²) < 4.78 is 0. The van der Waals surface area contributed by atoms with E-state index >= 15 is 0 Å². The molecule has 0 radical (unpaired) electrons. The van der Waals surface area contributed by atoms with Crippen molar-refractivity contribution >= 4 is 51.2 Å². The van der Waals surface area contributed by atoms with Crippen molar-refractivity contribution in [2.45, 2.75) is 60.3 Å². The van der Waals surface area contributed by atoms with Crippen molar-refractivity contribution in [3.63, 3.8) is 0 Å². The molecular weight excluding hydrogens is 943 g/mol. The Kier molecular flexibility index (Phi) is 14.7. The van der Waals surface area contributed by atoms with Crippen LogP contribution in [0.1, 0.15) is 68.8 Å². The van der Waals surface area contributed by atoms with Gasteiger partial charge >= 0.3 is 0 Å². The Morgan fingerprint density at radius 3 is 0.577 bits per heavy atom. The van der Waals surface area contributed by atoms with Crippen LogP contribution in [0.3, 0.4) is 0 Å². The van der Waals surface area contributed by atoms with Crippen LogP contribution in [0.25, 0.3) is 22.3 Å². The van der Waals surface area contributed by atoms with Crippen molar-refractivity contribution in [2.75, 3.05) is 14.7 Å². The van der Waals surface area contributed by atoms with Crippen LogP contribution in [-0.4, -0.2) is 0 Å². The molecule has 382 valence electrons. The Hall–Kier alpha value is -9.18. The topological polar surface area (TPSA) is 9.72 Å². The third-order valence-corrected chi connectivity index (χ3v) is 15.4. The van der Waals surface area contributed by atoms with E-state index in [9.17, 15) is 0 Å². The summed E-state index contributed by atoms with van der Waals surface area (Å²) in [5.74, 6) is 0.342. The molecular formula is C75H67N3. The SMILES string of the molecule is Cc1ccc(C(c2ccc(N(c3ccc(C)cc3)c3ccc(-c4ccc(N(c5ccc(C)cc5)c5ccc(C)cc5)cc4)cc3)cc2)C(C)c2ccc(-c3ccc(N(c4ccc(C)cc4)c4ccc(C)cc4)cc3)cc2)cc1. The van der Waals surface area contributed by atoms with E-state index in [0.29, 0.717) is 0 Å². The maximum atomic E-state index is 2.38. The first-order valence-electron chi connectivity index (χ1n) is 27.3. The van der Waals surface area contributed by atoms with Crippen molar-refractivity contribution in [3.05, 3.63) is 317 Å². The van der Waals surface area contributed by atoms with Crippen LogP contribution in [0, 0.1) is 41.5 Å². The molecule has 78 heavy (non-hydrogen) atoms. The van der Waals surface area contributed by atoms with Crippen LogP contribution >= 0.6 is 0 Å². The Bertz CT molecular complexity index is 3620. The highest BCUT2D eigenvalue weighted by Gasteiger charge is 2.25. The first-order valence-corrected chi connectivity index (χ1v) is 27.3. The van der Waals surface area contributed by atoms with Gasteiger partial charge in [0.1, 0.15) is 0 Å². The van der Waals surface area contributed by atoms with Gasteiger partial charge in [0.25, 0.3) is 0 Å². The highest BCUT2D eigenvalue weighted by atomic mass is 15.2. The molecule has 0 aliphatic rings. The van der Waals surface area contributed by atoms with Crippen molar-refractivity contribution < 1.29 is 0 Å². The summed E-state index contributed by atoms with van der Waals surface area (Å²) in [5, 5.41) is 0. The zero-order chi connectivity index (χ0) is 53.7. The van der Waals surface area contributed by atoms with Gasteiger partial charge < -0.3 is 14.7 Å². The highest BCUT2D eigenvalue weighted by Crippen LogP contribution is 2.43. The van der Waals surface area contributed by atoms with E-state index in [1.165, 1.54) is 72.3 Å². The van der Waals surface area contributed by atoms with Crippen molar-refractivity contribution in [3.8, 4) is 22.3 Å². The monoisotopic (exact) mass is 1010 g/mol. The molecule has 0 N–H and O–H groups in total. The molecule has 2 unspecified atom stereocenters. The number of hydrogen-bond acceptors (Lipinski definition) is 3. The first kappa shape index (κ1) is 51.0. The van der Waals surface area contributed by atoms with E-state index in [0.717, 1.165) is 51.2 Å². The number of benzene rings is 11. The minimum atomic E-state index is 0.138. The third-order valence-electron chi connectivity index (χ3n) is 15.4. The number of aryl methyl sites for hydroxylation is 6. The minimum Gasteiger partial charge on any atom is -0.311 e. The first-order chi connectivity index (χ1) is 38.0. The van der Waals surface area contributed by atoms with Gasteiger partial charge in [0.15, 0.2) is 0 Å². The summed E-state index contributed by atoms with van der Waals surface area (Å²) in [7, 11) is 0. The summed E-state index contributed by atoms with van der Waals surface area (Å²) in [6.07, 6.45) is 0. The molecule has 0 saturated heterocycles. The molecule has 0 aliphatic carbocycles. The van der Waals surface area contributed by atoms with Crippen LogP contribution in [-0.2, 0) is 0 Å². The molecule has 11 aromatic carbocycles. The normalized spacial score (nSPS) is 11.9. The zero-order valence-corrected chi connectivity index (χ0v) is 45.9. The molecule has 3 heteroatoms. The maximum Gasteiger partial charge on any atom is 0.0462 e. The Balaban J connectivity index is 0.855. The van der Waals surface area contributed by atoms with Crippen molar-refractivity contribution in [2.24, 2.45) is 0 Å². The number of rotatable bonds is 15. The fourth-order valence-corrected chi connectivity index (χ4v) is 10.8. The quantitative estimate of drug-likeness (QED) is 0.101. The largest absolute Gasteiger partial charge is 0.311 e. The van der Waals surface area contributed by atoms with Gasteiger partial charge in [0.05, 0.1) is 0 Å². The second-order valence-electron chi connectivity index (χ2n) is 21.2. The van der Waals surface area contributed by atoms with Gasteiger partial charge in [-0.05, 0) is 196 Å². The lowest BCUT2D eigenvalue weighted by atomic mass is 9.78. The summed E-state index contributed by atoms with van der Waals surface area (Å²) in [6, 6.07) is 98.5. The predicted molar refractivity (Wildman–Crippen MR) is 333 cm³/mol. The van der Waals surface area contributed by atoms with Gasteiger partial charge in [-0.15, -0.1) is 0 Å². The summed E-state index contributed by atoms with van der Waals surface area (Å²) in [4.78, 5) is 7.03. The van der Waals surface area contributed by atoms with E-state index in [1.54, 1.807) is 0 Å². The van der Waals surface area contributed by atoms with Gasteiger partial charge in [0.2, 0.25) is 0 Å². The number of nitrogens with zero attached hydrogens (tertiary/aromatic N) is 3. The van der Waals surface area contributed by atoms with Gasteiger partial charge in [0, 0.05) is 57.1 Å². The standard InChI is InChI=1S/C75H67N3/c1-52-8-20-64(21-9-52)75(58(7)59-22-24-60(25-23-59)61-26-44-71(45-27-61)76(66-34-10-53(2)11-35-66)67-36-12-54(3)13-37-67)65-32-50-74(51-33-65)78(70-42-18-57(6)19-43-70)73-48-30-63(31-49-73)62-28-46-72(47-29-62)77(68-38-14-55(4)15-39-68)69-40-16-56(5)17-41-69/h8-51,58,75H,1-7H3. The molecule has 11 aromatic rings. The molecule has 11 rings (SSSR count). The Morgan fingerprint density at radius 2 is 0.346 bits per heavy atom. The van der Waals surface area contributed by atoms with Gasteiger partial charge in [-0.1, -0.05) is 198 Å². The molecule has 3 nitrogen and oxygen atoms in total. The fraction of sp³-hybridized carbons (Fsp3) is 0.120. The molecule has 0 fully saturated rings. The highest BCUT2D eigenvalue weighted by molar-refractivity contribution is 5.82. The lowest BCUT2D eigenvalue weighted by molar-refractivity contribution is 0.657. The van der Waals surface area contributed by atoms with Gasteiger partial charge in [-0.2, -0.15) is 0 Å². The molecule has 0 amide bonds. The molecule has 0 saturated carbocycles. The molecule has 0 aliphatic heterocycles. The Morgan fingerprint density at radius 1 is 0.192 bits per heavy atom. The number of anilines is 9. The molecule has 2 atom stereocenters. The summed E-state index contributed by atoms with van der Waals surface area (Å²) in [5.41, 5.74) is 26.2. The van der Waals surface area contributed by atoms with Gasteiger partial charge in [-0.3, -0.25) is 0 Å². The zero-order valence-electron chi connectivity index (χ0n) is 45.9. The molecule has 0 aromatic heterocycles. The van der Waals surface area contributed by atoms with E-state index < -0.39 is 0 Å². The second kappa shape index (κ2) is 22.6. The second-order valence-corrected chi connectivity index (χ2v) is 21.2. The minimum absolute atomic E-state index is 0.138. The van der Waals surface area contributed by atoms with E-state index in [1.807, 2.05) is 0 Å². The van der Waals surface area contributed by atoms with E-state index in [-0.39, 0.29) is 11.8 Å². The maximum absolute atomic E-state index is 2.38. The van der Waals surface area contributed by atoms with Crippen LogP contribution in [0.2, 0.25) is 0 Å².